The van der Waals surface area contributed by atoms with Crippen molar-refractivity contribution in [3.8, 4) is 0 Å². The number of rotatable bonds is 3. The molecule has 1 aromatic carbocycles. The molecule has 17 heavy (non-hydrogen) atoms. The molecule has 1 aliphatic heterocycles. The van der Waals surface area contributed by atoms with Gasteiger partial charge in [-0.25, -0.2) is 4.79 Å². The fourth-order valence-electron chi connectivity index (χ4n) is 2.13. The maximum absolute atomic E-state index is 11.7. The van der Waals surface area contributed by atoms with Crippen LogP contribution in [0.1, 0.15) is 19.4 Å². The molecular formula is C13H16N2O2. The Morgan fingerprint density at radius 3 is 2.47 bits per heavy atom. The summed E-state index contributed by atoms with van der Waals surface area (Å²) < 4.78 is 0. The molecule has 0 spiro atoms. The summed E-state index contributed by atoms with van der Waals surface area (Å²) in [6, 6.07) is 9.03. The number of nitrogens with zero attached hydrogens (tertiary/aromatic N) is 1. The van der Waals surface area contributed by atoms with Crippen LogP contribution in [0.15, 0.2) is 30.3 Å². The first-order valence-electron chi connectivity index (χ1n) is 5.75. The van der Waals surface area contributed by atoms with E-state index in [9.17, 15) is 9.59 Å². The summed E-state index contributed by atoms with van der Waals surface area (Å²) in [5.41, 5.74) is 1.03. The van der Waals surface area contributed by atoms with Gasteiger partial charge < -0.3 is 4.90 Å². The molecule has 4 nitrogen and oxygen atoms in total. The zero-order chi connectivity index (χ0) is 12.4. The quantitative estimate of drug-likeness (QED) is 0.807. The Labute approximate surface area is 101 Å². The molecule has 1 unspecified atom stereocenters. The highest BCUT2D eigenvalue weighted by Gasteiger charge is 2.39. The van der Waals surface area contributed by atoms with Gasteiger partial charge in [-0.1, -0.05) is 44.2 Å². The molecule has 1 fully saturated rings. The first kappa shape index (κ1) is 11.6. The number of carbonyl (C=O) groups excluding carboxylic acids is 2. The summed E-state index contributed by atoms with van der Waals surface area (Å²) >= 11 is 0. The summed E-state index contributed by atoms with van der Waals surface area (Å²) in [4.78, 5) is 25.0. The monoisotopic (exact) mass is 232 g/mol. The number of imide groups is 1. The molecule has 0 aromatic heterocycles. The third-order valence-corrected chi connectivity index (χ3v) is 2.92. The molecule has 2 rings (SSSR count). The van der Waals surface area contributed by atoms with Crippen LogP contribution >= 0.6 is 0 Å². The van der Waals surface area contributed by atoms with Gasteiger partial charge in [-0.3, -0.25) is 10.1 Å². The van der Waals surface area contributed by atoms with Crippen molar-refractivity contribution in [2.75, 3.05) is 0 Å². The summed E-state index contributed by atoms with van der Waals surface area (Å²) in [7, 11) is 0. The lowest BCUT2D eigenvalue weighted by molar-refractivity contribution is -0.122. The Morgan fingerprint density at radius 1 is 1.24 bits per heavy atom. The van der Waals surface area contributed by atoms with Crippen LogP contribution in [0.3, 0.4) is 0 Å². The second-order valence-corrected chi connectivity index (χ2v) is 4.60. The van der Waals surface area contributed by atoms with Gasteiger partial charge in [0.25, 0.3) is 5.91 Å². The van der Waals surface area contributed by atoms with Gasteiger partial charge in [0.2, 0.25) is 0 Å². The van der Waals surface area contributed by atoms with Crippen molar-refractivity contribution in [3.05, 3.63) is 35.9 Å². The molecule has 90 valence electrons. The predicted octanol–water partition coefficient (Wildman–Crippen LogP) is 1.76. The van der Waals surface area contributed by atoms with Crippen molar-refractivity contribution in [2.45, 2.75) is 26.4 Å². The van der Waals surface area contributed by atoms with Crippen LogP contribution in [-0.4, -0.2) is 22.9 Å². The number of benzene rings is 1. The van der Waals surface area contributed by atoms with Crippen LogP contribution in [-0.2, 0) is 11.3 Å². The average Bonchev–Trinajstić information content (AvgIpc) is 2.55. The summed E-state index contributed by atoms with van der Waals surface area (Å²) in [6.45, 7) is 4.36. The molecule has 0 saturated carbocycles. The third kappa shape index (κ3) is 2.30. The van der Waals surface area contributed by atoms with Crippen LogP contribution in [0.4, 0.5) is 4.79 Å². The maximum Gasteiger partial charge on any atom is 0.325 e. The van der Waals surface area contributed by atoms with Crippen molar-refractivity contribution in [1.82, 2.24) is 10.2 Å². The van der Waals surface area contributed by atoms with Gasteiger partial charge in [0.05, 0.1) is 0 Å². The van der Waals surface area contributed by atoms with E-state index in [0.29, 0.717) is 6.54 Å². The van der Waals surface area contributed by atoms with Crippen LogP contribution in [0, 0.1) is 5.92 Å². The second-order valence-electron chi connectivity index (χ2n) is 4.60. The lowest BCUT2D eigenvalue weighted by Crippen LogP contribution is -2.38. The highest BCUT2D eigenvalue weighted by Crippen LogP contribution is 2.19. The highest BCUT2D eigenvalue weighted by atomic mass is 16.2. The van der Waals surface area contributed by atoms with Gasteiger partial charge >= 0.3 is 6.03 Å². The van der Waals surface area contributed by atoms with Gasteiger partial charge in [0.15, 0.2) is 0 Å². The van der Waals surface area contributed by atoms with Crippen LogP contribution < -0.4 is 5.32 Å². The fourth-order valence-corrected chi connectivity index (χ4v) is 2.13. The van der Waals surface area contributed by atoms with E-state index in [-0.39, 0.29) is 23.9 Å². The zero-order valence-corrected chi connectivity index (χ0v) is 10.0. The van der Waals surface area contributed by atoms with Gasteiger partial charge in [0.1, 0.15) is 6.04 Å². The van der Waals surface area contributed by atoms with E-state index in [1.807, 2.05) is 44.2 Å². The van der Waals surface area contributed by atoms with Crippen LogP contribution in [0.5, 0.6) is 0 Å². The van der Waals surface area contributed by atoms with E-state index in [2.05, 4.69) is 5.32 Å². The van der Waals surface area contributed by atoms with Gasteiger partial charge in [-0.15, -0.1) is 0 Å². The van der Waals surface area contributed by atoms with Crippen molar-refractivity contribution in [3.63, 3.8) is 0 Å². The first-order chi connectivity index (χ1) is 8.09. The standard InChI is InChI=1S/C13H16N2O2/c1-9(2)11-12(16)14-13(17)15(11)8-10-6-4-3-5-7-10/h3-7,9,11H,8H2,1-2H3,(H,14,16,17). The zero-order valence-electron chi connectivity index (χ0n) is 10.0. The third-order valence-electron chi connectivity index (χ3n) is 2.92. The predicted molar refractivity (Wildman–Crippen MR) is 64.1 cm³/mol. The largest absolute Gasteiger partial charge is 0.325 e. The molecule has 1 heterocycles. The number of hydrogen-bond acceptors (Lipinski definition) is 2. The molecule has 0 radical (unpaired) electrons. The number of carbonyl (C=O) groups is 2. The SMILES string of the molecule is CC(C)C1C(=O)NC(=O)N1Cc1ccccc1. The van der Waals surface area contributed by atoms with Crippen LogP contribution in [0.25, 0.3) is 0 Å². The van der Waals surface area contributed by atoms with Gasteiger partial charge in [-0.2, -0.15) is 0 Å². The van der Waals surface area contributed by atoms with Gasteiger partial charge in [0, 0.05) is 6.54 Å². The Balaban J connectivity index is 2.19. The molecule has 1 saturated heterocycles. The van der Waals surface area contributed by atoms with E-state index in [1.54, 1.807) is 4.90 Å². The summed E-state index contributed by atoms with van der Waals surface area (Å²) in [5.74, 6) is -0.0777. The number of amides is 3. The molecule has 4 heteroatoms. The Kier molecular flexibility index (Phi) is 3.13. The number of urea groups is 1. The lowest BCUT2D eigenvalue weighted by Gasteiger charge is -2.24. The molecule has 1 N–H and O–H groups in total. The van der Waals surface area contributed by atoms with Crippen molar-refractivity contribution in [1.29, 1.82) is 0 Å². The minimum Gasteiger partial charge on any atom is -0.308 e. The van der Waals surface area contributed by atoms with E-state index in [0.717, 1.165) is 5.56 Å². The second kappa shape index (κ2) is 4.57. The minimum atomic E-state index is -0.359. The van der Waals surface area contributed by atoms with Crippen LogP contribution in [0.2, 0.25) is 0 Å². The average molecular weight is 232 g/mol. The Hall–Kier alpha value is -1.84. The molecule has 1 atom stereocenters. The van der Waals surface area contributed by atoms with Crippen molar-refractivity contribution < 1.29 is 9.59 Å². The molecule has 0 bridgehead atoms. The summed E-state index contributed by atoms with van der Waals surface area (Å²) in [6.07, 6.45) is 0. The Morgan fingerprint density at radius 2 is 1.88 bits per heavy atom. The van der Waals surface area contributed by atoms with E-state index < -0.39 is 0 Å². The molecule has 1 aliphatic rings. The van der Waals surface area contributed by atoms with Crippen molar-refractivity contribution >= 4 is 11.9 Å². The van der Waals surface area contributed by atoms with Gasteiger partial charge in [-0.05, 0) is 11.5 Å². The van der Waals surface area contributed by atoms with E-state index in [4.69, 9.17) is 0 Å². The topological polar surface area (TPSA) is 49.4 Å². The Bertz CT molecular complexity index is 428. The smallest absolute Gasteiger partial charge is 0.308 e. The van der Waals surface area contributed by atoms with E-state index >= 15 is 0 Å². The molecule has 3 amide bonds. The minimum absolute atomic E-state index is 0.116. The first-order valence-corrected chi connectivity index (χ1v) is 5.75. The molecular weight excluding hydrogens is 216 g/mol. The normalized spacial score (nSPS) is 19.9. The fraction of sp³-hybridized carbons (Fsp3) is 0.385. The van der Waals surface area contributed by atoms with E-state index in [1.165, 1.54) is 0 Å². The van der Waals surface area contributed by atoms with Crippen molar-refractivity contribution in [2.24, 2.45) is 5.92 Å². The molecule has 0 aliphatic carbocycles. The molecule has 1 aromatic rings. The number of hydrogen-bond donors (Lipinski definition) is 1. The maximum atomic E-state index is 11.7. The summed E-state index contributed by atoms with van der Waals surface area (Å²) in [5, 5.41) is 2.37. The number of nitrogens with one attached hydrogen (secondary N) is 1. The highest BCUT2D eigenvalue weighted by molar-refractivity contribution is 6.04. The lowest BCUT2D eigenvalue weighted by atomic mass is 10.0.